The van der Waals surface area contributed by atoms with Crippen LogP contribution in [0.3, 0.4) is 0 Å². The van der Waals surface area contributed by atoms with Crippen molar-refractivity contribution in [2.24, 2.45) is 0 Å². The zero-order chi connectivity index (χ0) is 21.7. The molecule has 2 atom stereocenters. The highest BCUT2D eigenvalue weighted by molar-refractivity contribution is 7.89. The molecule has 7 nitrogen and oxygen atoms in total. The molecule has 1 aliphatic heterocycles. The van der Waals surface area contributed by atoms with Crippen molar-refractivity contribution in [2.45, 2.75) is 30.8 Å². The van der Waals surface area contributed by atoms with Crippen LogP contribution in [0, 0.1) is 5.82 Å². The third-order valence-corrected chi connectivity index (χ3v) is 6.55. The van der Waals surface area contributed by atoms with E-state index in [1.54, 1.807) is 0 Å². The van der Waals surface area contributed by atoms with Gasteiger partial charge in [0.2, 0.25) is 15.9 Å². The van der Waals surface area contributed by atoms with Gasteiger partial charge in [0.05, 0.1) is 25.3 Å². The smallest absolute Gasteiger partial charge is 0.244 e. The third kappa shape index (κ3) is 5.35. The van der Waals surface area contributed by atoms with Crippen molar-refractivity contribution in [1.82, 2.24) is 10.0 Å². The van der Waals surface area contributed by atoms with Crippen molar-refractivity contribution >= 4 is 21.6 Å². The molecule has 9 heteroatoms. The largest absolute Gasteiger partial charge is 0.378 e. The number of nitrogens with one attached hydrogen (secondary N) is 2. The van der Waals surface area contributed by atoms with Gasteiger partial charge in [-0.2, -0.15) is 4.72 Å². The third-order valence-electron chi connectivity index (χ3n) is 4.98. The Morgan fingerprint density at radius 1 is 1.07 bits per heavy atom. The Morgan fingerprint density at radius 3 is 2.33 bits per heavy atom. The number of nitrogens with zero attached hydrogens (tertiary/aromatic N) is 1. The van der Waals surface area contributed by atoms with E-state index >= 15 is 0 Å². The van der Waals surface area contributed by atoms with Crippen molar-refractivity contribution in [3.05, 3.63) is 59.9 Å². The molecule has 2 N–H and O–H groups in total. The first-order valence-electron chi connectivity index (χ1n) is 9.78. The number of anilines is 1. The van der Waals surface area contributed by atoms with E-state index in [-0.39, 0.29) is 6.04 Å². The molecule has 0 bridgehead atoms. The van der Waals surface area contributed by atoms with Crippen LogP contribution in [-0.2, 0) is 19.6 Å². The number of morpholine rings is 1. The van der Waals surface area contributed by atoms with E-state index < -0.39 is 32.7 Å². The number of amides is 1. The van der Waals surface area contributed by atoms with Crippen molar-refractivity contribution in [2.75, 3.05) is 31.2 Å². The fourth-order valence-corrected chi connectivity index (χ4v) is 4.51. The van der Waals surface area contributed by atoms with Gasteiger partial charge in [0.15, 0.2) is 0 Å². The van der Waals surface area contributed by atoms with Gasteiger partial charge in [-0.1, -0.05) is 24.3 Å². The van der Waals surface area contributed by atoms with E-state index in [1.165, 1.54) is 19.1 Å². The van der Waals surface area contributed by atoms with Crippen LogP contribution in [0.2, 0.25) is 0 Å². The number of ether oxygens (including phenoxy) is 1. The number of carbonyl (C=O) groups excluding carboxylic acids is 1. The second kappa shape index (κ2) is 9.55. The highest BCUT2D eigenvalue weighted by Crippen LogP contribution is 2.20. The Labute approximate surface area is 176 Å². The van der Waals surface area contributed by atoms with Crippen LogP contribution in [0.5, 0.6) is 0 Å². The minimum Gasteiger partial charge on any atom is -0.378 e. The lowest BCUT2D eigenvalue weighted by atomic mass is 10.1. The Hall–Kier alpha value is -2.49. The normalized spacial score (nSPS) is 16.7. The predicted octanol–water partition coefficient (Wildman–Crippen LogP) is 2.21. The summed E-state index contributed by atoms with van der Waals surface area (Å²) in [6.07, 6.45) is 0. The second-order valence-corrected chi connectivity index (χ2v) is 8.88. The zero-order valence-electron chi connectivity index (χ0n) is 17.0. The van der Waals surface area contributed by atoms with Gasteiger partial charge < -0.3 is 15.0 Å². The molecule has 2 aromatic rings. The van der Waals surface area contributed by atoms with Crippen molar-refractivity contribution in [3.8, 4) is 0 Å². The summed E-state index contributed by atoms with van der Waals surface area (Å²) in [5.74, 6) is -1.37. The first-order chi connectivity index (χ1) is 14.3. The summed E-state index contributed by atoms with van der Waals surface area (Å²) in [6, 6.07) is 11.5. The monoisotopic (exact) mass is 435 g/mol. The van der Waals surface area contributed by atoms with Crippen LogP contribution in [0.25, 0.3) is 0 Å². The fraction of sp³-hybridized carbons (Fsp3) is 0.381. The molecule has 1 fully saturated rings. The molecule has 0 aromatic heterocycles. The van der Waals surface area contributed by atoms with Gasteiger partial charge in [-0.3, -0.25) is 4.79 Å². The van der Waals surface area contributed by atoms with Crippen LogP contribution in [-0.4, -0.2) is 46.7 Å². The molecule has 30 heavy (non-hydrogen) atoms. The second-order valence-electron chi connectivity index (χ2n) is 7.19. The van der Waals surface area contributed by atoms with Crippen LogP contribution in [0.1, 0.15) is 25.5 Å². The predicted molar refractivity (Wildman–Crippen MR) is 112 cm³/mol. The topological polar surface area (TPSA) is 87.7 Å². The van der Waals surface area contributed by atoms with Gasteiger partial charge in [0.25, 0.3) is 0 Å². The summed E-state index contributed by atoms with van der Waals surface area (Å²) in [5, 5.41) is 2.79. The fourth-order valence-electron chi connectivity index (χ4n) is 3.23. The molecule has 1 aliphatic rings. The van der Waals surface area contributed by atoms with Crippen LogP contribution in [0.15, 0.2) is 53.4 Å². The lowest BCUT2D eigenvalue weighted by Crippen LogP contribution is -2.45. The van der Waals surface area contributed by atoms with Gasteiger partial charge in [-0.25, -0.2) is 12.8 Å². The number of hydrogen-bond donors (Lipinski definition) is 2. The molecule has 0 saturated carbocycles. The number of halogens is 1. The first kappa shape index (κ1) is 22.2. The number of benzene rings is 2. The lowest BCUT2D eigenvalue weighted by Gasteiger charge is -2.29. The Balaban J connectivity index is 1.60. The maximum absolute atomic E-state index is 13.8. The molecular formula is C21H26FN3O4S. The van der Waals surface area contributed by atoms with Crippen LogP contribution in [0.4, 0.5) is 10.1 Å². The Bertz CT molecular complexity index is 976. The molecule has 162 valence electrons. The van der Waals surface area contributed by atoms with Gasteiger partial charge >= 0.3 is 0 Å². The van der Waals surface area contributed by atoms with Gasteiger partial charge in [-0.15, -0.1) is 0 Å². The highest BCUT2D eigenvalue weighted by atomic mass is 32.2. The summed E-state index contributed by atoms with van der Waals surface area (Å²) in [5.41, 5.74) is 1.98. The maximum atomic E-state index is 13.8. The molecule has 0 aliphatic carbocycles. The van der Waals surface area contributed by atoms with E-state index in [2.05, 4.69) is 14.9 Å². The van der Waals surface area contributed by atoms with E-state index in [1.807, 2.05) is 31.2 Å². The Morgan fingerprint density at radius 2 is 1.70 bits per heavy atom. The minimum absolute atomic E-state index is 0.323. The van der Waals surface area contributed by atoms with Gasteiger partial charge in [0.1, 0.15) is 10.7 Å². The molecule has 0 spiro atoms. The average Bonchev–Trinajstić information content (AvgIpc) is 2.74. The summed E-state index contributed by atoms with van der Waals surface area (Å²) in [7, 11) is -4.16. The molecule has 0 radical (unpaired) electrons. The minimum atomic E-state index is -4.16. The number of hydrogen-bond acceptors (Lipinski definition) is 5. The van der Waals surface area contributed by atoms with Crippen molar-refractivity contribution < 1.29 is 22.3 Å². The quantitative estimate of drug-likeness (QED) is 0.696. The van der Waals surface area contributed by atoms with Crippen molar-refractivity contribution in [3.63, 3.8) is 0 Å². The summed E-state index contributed by atoms with van der Waals surface area (Å²) in [4.78, 5) is 14.2. The van der Waals surface area contributed by atoms with Crippen LogP contribution < -0.4 is 14.9 Å². The van der Waals surface area contributed by atoms with E-state index in [0.717, 1.165) is 36.5 Å². The van der Waals surface area contributed by atoms with Crippen molar-refractivity contribution in [1.29, 1.82) is 0 Å². The summed E-state index contributed by atoms with van der Waals surface area (Å²) < 4.78 is 46.1. The number of rotatable bonds is 7. The highest BCUT2D eigenvalue weighted by Gasteiger charge is 2.25. The number of carbonyl (C=O) groups is 1. The molecule has 3 rings (SSSR count). The summed E-state index contributed by atoms with van der Waals surface area (Å²) >= 11 is 0. The van der Waals surface area contributed by atoms with E-state index in [0.29, 0.717) is 13.2 Å². The first-order valence-corrected chi connectivity index (χ1v) is 11.3. The van der Waals surface area contributed by atoms with E-state index in [4.69, 9.17) is 4.74 Å². The molecular weight excluding hydrogens is 409 g/mol. The maximum Gasteiger partial charge on any atom is 0.244 e. The molecule has 1 saturated heterocycles. The standard InChI is InChI=1S/C21H26FN3O4S/c1-15(17-7-9-18(10-8-17)25-11-13-29-14-12-25)23-21(26)16(2)24-30(27,28)20-6-4-3-5-19(20)22/h3-10,15-16,24H,11-14H2,1-2H3,(H,23,26)/t15?,16-/m0/s1. The van der Waals surface area contributed by atoms with E-state index in [9.17, 15) is 17.6 Å². The Kier molecular flexibility index (Phi) is 7.06. The summed E-state index contributed by atoms with van der Waals surface area (Å²) in [6.45, 7) is 6.32. The number of sulfonamides is 1. The van der Waals surface area contributed by atoms with Crippen LogP contribution >= 0.6 is 0 Å². The molecule has 2 aromatic carbocycles. The lowest BCUT2D eigenvalue weighted by molar-refractivity contribution is -0.123. The molecule has 1 unspecified atom stereocenters. The average molecular weight is 436 g/mol. The zero-order valence-corrected chi connectivity index (χ0v) is 17.8. The van der Waals surface area contributed by atoms with Gasteiger partial charge in [0, 0.05) is 18.8 Å². The molecule has 1 heterocycles. The van der Waals surface area contributed by atoms with Gasteiger partial charge in [-0.05, 0) is 43.7 Å². The SMILES string of the molecule is CC(NC(=O)[C@H](C)NS(=O)(=O)c1ccccc1F)c1ccc(N2CCOCC2)cc1. The molecule has 1 amide bonds.